The lowest BCUT2D eigenvalue weighted by Gasteiger charge is -2.18. The molecule has 2 aromatic carbocycles. The zero-order valence-corrected chi connectivity index (χ0v) is 13.9. The number of aromatic nitrogens is 2. The molecule has 0 radical (unpaired) electrons. The van der Waals surface area contributed by atoms with Crippen molar-refractivity contribution in [2.75, 3.05) is 7.05 Å². The number of nitrogens with zero attached hydrogens (tertiary/aromatic N) is 2. The number of halogens is 1. The first-order valence-electron chi connectivity index (χ1n) is 6.89. The molecule has 4 heteroatoms. The van der Waals surface area contributed by atoms with Gasteiger partial charge in [-0.1, -0.05) is 24.3 Å². The van der Waals surface area contributed by atoms with E-state index in [0.717, 1.165) is 17.5 Å². The highest BCUT2D eigenvalue weighted by molar-refractivity contribution is 14.1. The molecule has 1 unspecified atom stereocenters. The highest BCUT2D eigenvalue weighted by Crippen LogP contribution is 2.24. The topological polar surface area (TPSA) is 37.8 Å². The molecular formula is C17H16IN3. The van der Waals surface area contributed by atoms with Crippen molar-refractivity contribution in [3.05, 3.63) is 69.6 Å². The van der Waals surface area contributed by atoms with Crippen LogP contribution in [0.3, 0.4) is 0 Å². The van der Waals surface area contributed by atoms with Crippen molar-refractivity contribution >= 4 is 33.6 Å². The molecule has 3 nitrogen and oxygen atoms in total. The Kier molecular flexibility index (Phi) is 4.45. The van der Waals surface area contributed by atoms with Crippen LogP contribution < -0.4 is 5.32 Å². The van der Waals surface area contributed by atoms with Crippen LogP contribution in [0, 0.1) is 3.57 Å². The second-order valence-corrected chi connectivity index (χ2v) is 6.19. The minimum absolute atomic E-state index is 0.227. The first-order valence-corrected chi connectivity index (χ1v) is 7.97. The predicted octanol–water partition coefficient (Wildman–Crippen LogP) is 3.74. The second-order valence-electron chi connectivity index (χ2n) is 4.94. The Morgan fingerprint density at radius 1 is 1.05 bits per heavy atom. The summed E-state index contributed by atoms with van der Waals surface area (Å²) >= 11 is 2.33. The maximum atomic E-state index is 4.50. The van der Waals surface area contributed by atoms with Crippen LogP contribution in [0.4, 0.5) is 0 Å². The Morgan fingerprint density at radius 2 is 1.81 bits per heavy atom. The average Bonchev–Trinajstić information content (AvgIpc) is 2.54. The Bertz CT molecular complexity index is 735. The van der Waals surface area contributed by atoms with Crippen molar-refractivity contribution < 1.29 is 0 Å². The fourth-order valence-corrected chi connectivity index (χ4v) is 2.88. The lowest BCUT2D eigenvalue weighted by atomic mass is 9.98. The number of para-hydroxylation sites is 1. The Hall–Kier alpha value is -1.53. The SMILES string of the molecule is CNC(Cc1ccc(I)cc1)c1cccc2nccnc12. The van der Waals surface area contributed by atoms with Gasteiger partial charge in [0.1, 0.15) is 0 Å². The Labute approximate surface area is 138 Å². The van der Waals surface area contributed by atoms with Crippen LogP contribution in [0.2, 0.25) is 0 Å². The third-order valence-electron chi connectivity index (χ3n) is 3.61. The molecule has 1 aromatic heterocycles. The number of nitrogens with one attached hydrogen (secondary N) is 1. The second kappa shape index (κ2) is 6.49. The van der Waals surface area contributed by atoms with Crippen LogP contribution in [0.25, 0.3) is 11.0 Å². The van der Waals surface area contributed by atoms with Crippen LogP contribution in [-0.4, -0.2) is 17.0 Å². The molecule has 0 aliphatic heterocycles. The summed E-state index contributed by atoms with van der Waals surface area (Å²) < 4.78 is 1.26. The van der Waals surface area contributed by atoms with Gasteiger partial charge in [-0.25, -0.2) is 0 Å². The zero-order valence-electron chi connectivity index (χ0n) is 11.8. The first-order chi connectivity index (χ1) is 10.3. The predicted molar refractivity (Wildman–Crippen MR) is 94.2 cm³/mol. The number of rotatable bonds is 4. The van der Waals surface area contributed by atoms with Crippen LogP contribution in [0.1, 0.15) is 17.2 Å². The molecule has 3 aromatic rings. The van der Waals surface area contributed by atoms with Gasteiger partial charge in [0.25, 0.3) is 0 Å². The van der Waals surface area contributed by atoms with Gasteiger partial charge in [-0.3, -0.25) is 9.97 Å². The summed E-state index contributed by atoms with van der Waals surface area (Å²) in [5.74, 6) is 0. The van der Waals surface area contributed by atoms with E-state index in [0.29, 0.717) is 0 Å². The van der Waals surface area contributed by atoms with Crippen molar-refractivity contribution in [2.45, 2.75) is 12.5 Å². The summed E-state index contributed by atoms with van der Waals surface area (Å²) in [4.78, 5) is 8.89. The third kappa shape index (κ3) is 3.22. The van der Waals surface area contributed by atoms with Crippen molar-refractivity contribution in [3.8, 4) is 0 Å². The number of hydrogen-bond donors (Lipinski definition) is 1. The third-order valence-corrected chi connectivity index (χ3v) is 4.33. The van der Waals surface area contributed by atoms with Gasteiger partial charge in [0, 0.05) is 22.0 Å². The fourth-order valence-electron chi connectivity index (χ4n) is 2.52. The van der Waals surface area contributed by atoms with E-state index in [-0.39, 0.29) is 6.04 Å². The fraction of sp³-hybridized carbons (Fsp3) is 0.176. The maximum Gasteiger partial charge on any atom is 0.0934 e. The van der Waals surface area contributed by atoms with E-state index < -0.39 is 0 Å². The van der Waals surface area contributed by atoms with Gasteiger partial charge in [-0.2, -0.15) is 0 Å². The van der Waals surface area contributed by atoms with Gasteiger partial charge in [0.15, 0.2) is 0 Å². The minimum Gasteiger partial charge on any atom is -0.313 e. The number of benzene rings is 2. The molecule has 21 heavy (non-hydrogen) atoms. The van der Waals surface area contributed by atoms with Gasteiger partial charge >= 0.3 is 0 Å². The molecule has 0 spiro atoms. The highest BCUT2D eigenvalue weighted by Gasteiger charge is 2.14. The molecule has 0 amide bonds. The number of likely N-dealkylation sites (N-methyl/N-ethyl adjacent to an activating group) is 1. The summed E-state index contributed by atoms with van der Waals surface area (Å²) in [6.45, 7) is 0. The van der Waals surface area contributed by atoms with E-state index in [9.17, 15) is 0 Å². The van der Waals surface area contributed by atoms with Crippen LogP contribution >= 0.6 is 22.6 Å². The molecule has 1 N–H and O–H groups in total. The first kappa shape index (κ1) is 14.4. The summed E-state index contributed by atoms with van der Waals surface area (Å²) in [6, 6.07) is 15.1. The van der Waals surface area contributed by atoms with Crippen molar-refractivity contribution in [3.63, 3.8) is 0 Å². The normalized spacial score (nSPS) is 12.5. The molecule has 0 bridgehead atoms. The lowest BCUT2D eigenvalue weighted by molar-refractivity contribution is 0.595. The number of fused-ring (bicyclic) bond motifs is 1. The van der Waals surface area contributed by atoms with E-state index in [2.05, 4.69) is 68.2 Å². The molecule has 1 heterocycles. The number of hydrogen-bond acceptors (Lipinski definition) is 3. The molecule has 0 saturated carbocycles. The van der Waals surface area contributed by atoms with Crippen LogP contribution in [-0.2, 0) is 6.42 Å². The molecule has 1 atom stereocenters. The molecule has 0 fully saturated rings. The van der Waals surface area contributed by atoms with Gasteiger partial charge < -0.3 is 5.32 Å². The molecule has 0 saturated heterocycles. The van der Waals surface area contributed by atoms with Gasteiger partial charge in [-0.15, -0.1) is 0 Å². The van der Waals surface area contributed by atoms with Crippen molar-refractivity contribution in [1.82, 2.24) is 15.3 Å². The van der Waals surface area contributed by atoms with E-state index in [4.69, 9.17) is 0 Å². The summed E-state index contributed by atoms with van der Waals surface area (Å²) in [7, 11) is 1.99. The molecule has 0 aliphatic carbocycles. The zero-order chi connectivity index (χ0) is 14.7. The van der Waals surface area contributed by atoms with E-state index in [1.165, 1.54) is 14.7 Å². The summed E-state index contributed by atoms with van der Waals surface area (Å²) in [6.07, 6.45) is 4.42. The summed E-state index contributed by atoms with van der Waals surface area (Å²) in [5.41, 5.74) is 4.43. The van der Waals surface area contributed by atoms with Gasteiger partial charge in [0.2, 0.25) is 0 Å². The monoisotopic (exact) mass is 389 g/mol. The van der Waals surface area contributed by atoms with Gasteiger partial charge in [0.05, 0.1) is 11.0 Å². The largest absolute Gasteiger partial charge is 0.313 e. The van der Waals surface area contributed by atoms with E-state index in [1.807, 2.05) is 19.2 Å². The molecule has 106 valence electrons. The van der Waals surface area contributed by atoms with Crippen LogP contribution in [0.5, 0.6) is 0 Å². The van der Waals surface area contributed by atoms with Crippen molar-refractivity contribution in [2.24, 2.45) is 0 Å². The molecule has 3 rings (SSSR count). The van der Waals surface area contributed by atoms with Crippen molar-refractivity contribution in [1.29, 1.82) is 0 Å². The smallest absolute Gasteiger partial charge is 0.0934 e. The quantitative estimate of drug-likeness (QED) is 0.691. The Balaban J connectivity index is 1.96. The minimum atomic E-state index is 0.227. The summed E-state index contributed by atoms with van der Waals surface area (Å²) in [5, 5.41) is 3.40. The molecular weight excluding hydrogens is 373 g/mol. The van der Waals surface area contributed by atoms with E-state index >= 15 is 0 Å². The van der Waals surface area contributed by atoms with Gasteiger partial charge in [-0.05, 0) is 65.4 Å². The standard InChI is InChI=1S/C17H16IN3/c1-19-16(11-12-5-7-13(18)8-6-12)14-3-2-4-15-17(14)21-10-9-20-15/h2-10,16,19H,11H2,1H3. The maximum absolute atomic E-state index is 4.50. The van der Waals surface area contributed by atoms with E-state index in [1.54, 1.807) is 12.4 Å². The highest BCUT2D eigenvalue weighted by atomic mass is 127. The Morgan fingerprint density at radius 3 is 2.57 bits per heavy atom. The molecule has 0 aliphatic rings. The average molecular weight is 389 g/mol. The lowest BCUT2D eigenvalue weighted by Crippen LogP contribution is -2.19. The van der Waals surface area contributed by atoms with Crippen LogP contribution in [0.15, 0.2) is 54.9 Å².